The van der Waals surface area contributed by atoms with Crippen LogP contribution >= 0.6 is 0 Å². The highest BCUT2D eigenvalue weighted by Crippen LogP contribution is 2.23. The minimum Gasteiger partial charge on any atom is -0.444 e. The second-order valence-corrected chi connectivity index (χ2v) is 6.78. The molecule has 1 saturated heterocycles. The smallest absolute Gasteiger partial charge is 0.410 e. The maximum Gasteiger partial charge on any atom is 0.410 e. The lowest BCUT2D eigenvalue weighted by Gasteiger charge is -2.36. The third-order valence-electron chi connectivity index (χ3n) is 3.71. The van der Waals surface area contributed by atoms with Crippen molar-refractivity contribution in [1.82, 2.24) is 4.90 Å². The second-order valence-electron chi connectivity index (χ2n) is 6.78. The first-order chi connectivity index (χ1) is 10.7. The predicted molar refractivity (Wildman–Crippen MR) is 90.9 cm³/mol. The van der Waals surface area contributed by atoms with Crippen LogP contribution in [0.3, 0.4) is 0 Å². The van der Waals surface area contributed by atoms with E-state index in [1.807, 2.05) is 32.9 Å². The summed E-state index contributed by atoms with van der Waals surface area (Å²) in [4.78, 5) is 27.4. The molecule has 0 bridgehead atoms. The zero-order valence-corrected chi connectivity index (χ0v) is 14.3. The van der Waals surface area contributed by atoms with Gasteiger partial charge in [-0.2, -0.15) is 0 Å². The van der Waals surface area contributed by atoms with Crippen LogP contribution in [0, 0.1) is 0 Å². The Morgan fingerprint density at radius 1 is 1.13 bits per heavy atom. The average molecular weight is 319 g/mol. The van der Waals surface area contributed by atoms with Crippen molar-refractivity contribution in [2.24, 2.45) is 0 Å². The number of piperazine rings is 1. The molecule has 1 aliphatic rings. The molecule has 1 aromatic rings. The van der Waals surface area contributed by atoms with Crippen LogP contribution in [0.15, 0.2) is 18.2 Å². The van der Waals surface area contributed by atoms with E-state index in [4.69, 9.17) is 10.5 Å². The fourth-order valence-electron chi connectivity index (χ4n) is 2.54. The van der Waals surface area contributed by atoms with E-state index in [9.17, 15) is 9.59 Å². The van der Waals surface area contributed by atoms with Crippen LogP contribution in [-0.4, -0.2) is 48.6 Å². The number of ether oxygens (including phenoxy) is 1. The number of benzene rings is 1. The van der Waals surface area contributed by atoms with Crippen molar-refractivity contribution >= 4 is 23.3 Å². The lowest BCUT2D eigenvalue weighted by atomic mass is 10.1. The molecule has 0 atom stereocenters. The Labute approximate surface area is 137 Å². The number of Topliss-reactive ketones (excluding diaryl/α,β-unsaturated/α-hetero) is 1. The Bertz CT molecular complexity index is 600. The summed E-state index contributed by atoms with van der Waals surface area (Å²) in [7, 11) is 0. The molecular weight excluding hydrogens is 294 g/mol. The van der Waals surface area contributed by atoms with Crippen LogP contribution in [0.25, 0.3) is 0 Å². The highest BCUT2D eigenvalue weighted by atomic mass is 16.6. The van der Waals surface area contributed by atoms with E-state index in [2.05, 4.69) is 4.90 Å². The van der Waals surface area contributed by atoms with Crippen molar-refractivity contribution in [2.45, 2.75) is 33.3 Å². The molecule has 0 unspecified atom stereocenters. The van der Waals surface area contributed by atoms with Crippen LogP contribution < -0.4 is 10.6 Å². The van der Waals surface area contributed by atoms with Gasteiger partial charge < -0.3 is 20.3 Å². The fraction of sp³-hybridized carbons (Fsp3) is 0.529. The molecule has 1 fully saturated rings. The Hall–Kier alpha value is -2.24. The van der Waals surface area contributed by atoms with Crippen LogP contribution in [0.4, 0.5) is 16.2 Å². The number of carbonyl (C=O) groups excluding carboxylic acids is 2. The minimum atomic E-state index is -0.481. The monoisotopic (exact) mass is 319 g/mol. The number of nitrogens with zero attached hydrogens (tertiary/aromatic N) is 2. The number of hydrogen-bond donors (Lipinski definition) is 1. The van der Waals surface area contributed by atoms with E-state index < -0.39 is 5.60 Å². The van der Waals surface area contributed by atoms with E-state index in [1.54, 1.807) is 11.0 Å². The first-order valence-corrected chi connectivity index (χ1v) is 7.81. The van der Waals surface area contributed by atoms with E-state index in [-0.39, 0.29) is 11.9 Å². The summed E-state index contributed by atoms with van der Waals surface area (Å²) in [5.74, 6) is -0.0382. The molecular formula is C17H25N3O3. The fourth-order valence-corrected chi connectivity index (χ4v) is 2.54. The first-order valence-electron chi connectivity index (χ1n) is 7.81. The largest absolute Gasteiger partial charge is 0.444 e. The molecule has 23 heavy (non-hydrogen) atoms. The molecule has 1 aromatic carbocycles. The maximum absolute atomic E-state index is 12.1. The van der Waals surface area contributed by atoms with E-state index in [1.165, 1.54) is 6.92 Å². The Morgan fingerprint density at radius 2 is 1.74 bits per heavy atom. The summed E-state index contributed by atoms with van der Waals surface area (Å²) in [5.41, 5.74) is 7.46. The SMILES string of the molecule is CC(=O)c1ccc(N2CCN(C(=O)OC(C)(C)C)CC2)cc1N. The van der Waals surface area contributed by atoms with Gasteiger partial charge in [0.1, 0.15) is 5.60 Å². The lowest BCUT2D eigenvalue weighted by Crippen LogP contribution is -2.50. The zero-order chi connectivity index (χ0) is 17.2. The molecule has 0 saturated carbocycles. The zero-order valence-electron chi connectivity index (χ0n) is 14.3. The standard InChI is InChI=1S/C17H25N3O3/c1-12(21)14-6-5-13(11-15(14)18)19-7-9-20(10-8-19)16(22)23-17(2,3)4/h5-6,11H,7-10,18H2,1-4H3. The number of nitrogens with two attached hydrogens (primary N) is 1. The summed E-state index contributed by atoms with van der Waals surface area (Å²) in [6.45, 7) is 9.70. The van der Waals surface area contributed by atoms with Gasteiger partial charge in [0.2, 0.25) is 0 Å². The highest BCUT2D eigenvalue weighted by molar-refractivity contribution is 5.99. The third-order valence-corrected chi connectivity index (χ3v) is 3.71. The quantitative estimate of drug-likeness (QED) is 0.669. The second kappa shape index (κ2) is 6.48. The van der Waals surface area contributed by atoms with Gasteiger partial charge in [0.15, 0.2) is 5.78 Å². The summed E-state index contributed by atoms with van der Waals surface area (Å²) in [6, 6.07) is 5.48. The van der Waals surface area contributed by atoms with Crippen molar-refractivity contribution < 1.29 is 14.3 Å². The van der Waals surface area contributed by atoms with Crippen LogP contribution in [-0.2, 0) is 4.74 Å². The maximum atomic E-state index is 12.1. The van der Waals surface area contributed by atoms with Gasteiger partial charge in [-0.25, -0.2) is 4.79 Å². The van der Waals surface area contributed by atoms with Gasteiger partial charge in [0.05, 0.1) is 0 Å². The topological polar surface area (TPSA) is 75.9 Å². The number of ketones is 1. The predicted octanol–water partition coefficient (Wildman–Crippen LogP) is 2.53. The molecule has 6 heteroatoms. The van der Waals surface area contributed by atoms with E-state index in [0.29, 0.717) is 37.4 Å². The van der Waals surface area contributed by atoms with Crippen molar-refractivity contribution in [3.05, 3.63) is 23.8 Å². The highest BCUT2D eigenvalue weighted by Gasteiger charge is 2.26. The van der Waals surface area contributed by atoms with Gasteiger partial charge in [-0.3, -0.25) is 4.79 Å². The van der Waals surface area contributed by atoms with Gasteiger partial charge in [-0.15, -0.1) is 0 Å². The van der Waals surface area contributed by atoms with Crippen LogP contribution in [0.2, 0.25) is 0 Å². The lowest BCUT2D eigenvalue weighted by molar-refractivity contribution is 0.0240. The van der Waals surface area contributed by atoms with Gasteiger partial charge >= 0.3 is 6.09 Å². The van der Waals surface area contributed by atoms with Crippen LogP contribution in [0.5, 0.6) is 0 Å². The Morgan fingerprint density at radius 3 is 2.22 bits per heavy atom. The minimum absolute atomic E-state index is 0.0382. The van der Waals surface area contributed by atoms with E-state index >= 15 is 0 Å². The molecule has 6 nitrogen and oxygen atoms in total. The van der Waals surface area contributed by atoms with Gasteiger partial charge in [0.25, 0.3) is 0 Å². The molecule has 0 aromatic heterocycles. The van der Waals surface area contributed by atoms with Crippen LogP contribution in [0.1, 0.15) is 38.1 Å². The average Bonchev–Trinajstić information content (AvgIpc) is 2.45. The Balaban J connectivity index is 1.98. The normalized spacial score (nSPS) is 15.5. The number of anilines is 2. The molecule has 126 valence electrons. The van der Waals surface area contributed by atoms with Gasteiger partial charge in [0, 0.05) is 43.1 Å². The van der Waals surface area contributed by atoms with Gasteiger partial charge in [-0.05, 0) is 45.9 Å². The Kier molecular flexibility index (Phi) is 4.82. The van der Waals surface area contributed by atoms with Crippen molar-refractivity contribution in [2.75, 3.05) is 36.8 Å². The number of hydrogen-bond acceptors (Lipinski definition) is 5. The number of carbonyl (C=O) groups is 2. The number of rotatable bonds is 2. The first kappa shape index (κ1) is 17.1. The molecule has 2 rings (SSSR count). The summed E-state index contributed by atoms with van der Waals surface area (Å²) in [6.07, 6.45) is -0.274. The molecule has 1 amide bonds. The van der Waals surface area contributed by atoms with Crippen molar-refractivity contribution in [3.63, 3.8) is 0 Å². The van der Waals surface area contributed by atoms with Crippen molar-refractivity contribution in [1.29, 1.82) is 0 Å². The molecule has 1 aliphatic heterocycles. The number of nitrogen functional groups attached to an aromatic ring is 1. The number of amides is 1. The summed E-state index contributed by atoms with van der Waals surface area (Å²) < 4.78 is 5.39. The molecule has 0 spiro atoms. The summed E-state index contributed by atoms with van der Waals surface area (Å²) in [5, 5.41) is 0. The molecule has 2 N–H and O–H groups in total. The molecule has 0 aliphatic carbocycles. The van der Waals surface area contributed by atoms with Crippen molar-refractivity contribution in [3.8, 4) is 0 Å². The molecule has 0 radical (unpaired) electrons. The van der Waals surface area contributed by atoms with E-state index in [0.717, 1.165) is 5.69 Å². The van der Waals surface area contributed by atoms with Gasteiger partial charge in [-0.1, -0.05) is 0 Å². The third kappa shape index (κ3) is 4.37. The summed E-state index contributed by atoms with van der Waals surface area (Å²) >= 11 is 0. The molecule has 1 heterocycles.